The molecule has 0 aliphatic carbocycles. The number of methoxy groups -OCH3 is 1. The summed E-state index contributed by atoms with van der Waals surface area (Å²) in [5, 5.41) is 0. The van der Waals surface area contributed by atoms with Crippen molar-refractivity contribution in [2.24, 2.45) is 0 Å². The topological polar surface area (TPSA) is 21.3 Å². The molecule has 1 aromatic carbocycles. The highest BCUT2D eigenvalue weighted by molar-refractivity contribution is 7.98. The SMILES string of the molecule is COCC(F)(F)c1cccc(C(C)NSC(C)(C)C)c1F. The molecule has 0 saturated carbocycles. The molecule has 1 aromatic rings. The maximum absolute atomic E-state index is 14.4. The summed E-state index contributed by atoms with van der Waals surface area (Å²) < 4.78 is 49.6. The van der Waals surface area contributed by atoms with E-state index in [0.717, 1.165) is 6.07 Å². The lowest BCUT2D eigenvalue weighted by Gasteiger charge is -2.24. The van der Waals surface area contributed by atoms with Crippen molar-refractivity contribution < 1.29 is 17.9 Å². The van der Waals surface area contributed by atoms with E-state index >= 15 is 0 Å². The highest BCUT2D eigenvalue weighted by Gasteiger charge is 2.35. The Balaban J connectivity index is 3.00. The molecule has 0 bridgehead atoms. The Bertz CT molecular complexity index is 474. The van der Waals surface area contributed by atoms with Gasteiger partial charge in [0, 0.05) is 23.5 Å². The first kappa shape index (κ1) is 18.3. The highest BCUT2D eigenvalue weighted by atomic mass is 32.2. The predicted molar refractivity (Wildman–Crippen MR) is 81.1 cm³/mol. The molecule has 120 valence electrons. The molecule has 21 heavy (non-hydrogen) atoms. The lowest BCUT2D eigenvalue weighted by Crippen LogP contribution is -2.24. The number of halogens is 3. The molecule has 0 amide bonds. The molecule has 1 rings (SSSR count). The van der Waals surface area contributed by atoms with Gasteiger partial charge in [-0.1, -0.05) is 24.1 Å². The van der Waals surface area contributed by atoms with Gasteiger partial charge in [-0.05, 0) is 33.8 Å². The van der Waals surface area contributed by atoms with Crippen LogP contribution in [-0.2, 0) is 10.7 Å². The summed E-state index contributed by atoms with van der Waals surface area (Å²) in [5.74, 6) is -4.22. The molecule has 1 N–H and O–H groups in total. The van der Waals surface area contributed by atoms with Crippen LogP contribution >= 0.6 is 11.9 Å². The third-order valence-electron chi connectivity index (χ3n) is 2.76. The Morgan fingerprint density at radius 3 is 2.43 bits per heavy atom. The quantitative estimate of drug-likeness (QED) is 0.770. The number of benzene rings is 1. The third kappa shape index (κ3) is 5.20. The number of nitrogens with one attached hydrogen (secondary N) is 1. The van der Waals surface area contributed by atoms with Gasteiger partial charge < -0.3 is 4.74 Å². The first-order valence-electron chi connectivity index (χ1n) is 6.67. The first-order chi connectivity index (χ1) is 9.58. The second-order valence-electron chi connectivity index (χ2n) is 5.90. The van der Waals surface area contributed by atoms with Crippen LogP contribution in [0.15, 0.2) is 18.2 Å². The van der Waals surface area contributed by atoms with E-state index in [9.17, 15) is 13.2 Å². The van der Waals surface area contributed by atoms with Gasteiger partial charge in [0.05, 0.1) is 5.56 Å². The predicted octanol–water partition coefficient (Wildman–Crippen LogP) is 4.66. The van der Waals surface area contributed by atoms with Crippen LogP contribution in [0.5, 0.6) is 0 Å². The van der Waals surface area contributed by atoms with Crippen LogP contribution in [0, 0.1) is 5.82 Å². The average molecular weight is 321 g/mol. The summed E-state index contributed by atoms with van der Waals surface area (Å²) in [6.07, 6.45) is 0. The molecule has 1 atom stereocenters. The van der Waals surface area contributed by atoms with Gasteiger partial charge in [0.1, 0.15) is 12.4 Å². The standard InChI is InChI=1S/C15H22F3NOS/c1-10(19-21-14(2,3)4)11-7-6-8-12(13(11)16)15(17,18)9-20-5/h6-8,10,19H,9H2,1-5H3. The Kier molecular flexibility index (Phi) is 6.13. The normalized spacial score (nSPS) is 14.3. The van der Waals surface area contributed by atoms with E-state index in [1.807, 2.05) is 20.8 Å². The minimum absolute atomic E-state index is 0.0532. The van der Waals surface area contributed by atoms with Crippen molar-refractivity contribution in [3.63, 3.8) is 0 Å². The van der Waals surface area contributed by atoms with Gasteiger partial charge in [-0.3, -0.25) is 4.72 Å². The minimum atomic E-state index is -3.34. The number of rotatable bonds is 6. The van der Waals surface area contributed by atoms with E-state index in [4.69, 9.17) is 0 Å². The third-order valence-corrected chi connectivity index (χ3v) is 3.84. The van der Waals surface area contributed by atoms with Crippen LogP contribution in [0.2, 0.25) is 0 Å². The minimum Gasteiger partial charge on any atom is -0.378 e. The zero-order chi connectivity index (χ0) is 16.3. The molecule has 0 aliphatic rings. The molecule has 1 unspecified atom stereocenters. The lowest BCUT2D eigenvalue weighted by molar-refractivity contribution is -0.0722. The van der Waals surface area contributed by atoms with Crippen molar-refractivity contribution in [2.45, 2.75) is 44.4 Å². The summed E-state index contributed by atoms with van der Waals surface area (Å²) in [6.45, 7) is 6.94. The van der Waals surface area contributed by atoms with Gasteiger partial charge in [0.2, 0.25) is 0 Å². The fourth-order valence-electron chi connectivity index (χ4n) is 1.75. The van der Waals surface area contributed by atoms with Crippen LogP contribution < -0.4 is 4.72 Å². The zero-order valence-corrected chi connectivity index (χ0v) is 13.8. The Hall–Kier alpha value is -0.720. The Labute approximate surface area is 128 Å². The number of hydrogen-bond acceptors (Lipinski definition) is 3. The molecule has 0 fully saturated rings. The number of hydrogen-bond donors (Lipinski definition) is 1. The summed E-state index contributed by atoms with van der Waals surface area (Å²) in [4.78, 5) is 0. The first-order valence-corrected chi connectivity index (χ1v) is 7.49. The molecular formula is C15H22F3NOS. The highest BCUT2D eigenvalue weighted by Crippen LogP contribution is 2.34. The van der Waals surface area contributed by atoms with Gasteiger partial charge in [-0.2, -0.15) is 8.78 Å². The van der Waals surface area contributed by atoms with Gasteiger partial charge in [-0.15, -0.1) is 0 Å². The summed E-state index contributed by atoms with van der Waals surface area (Å²) in [7, 11) is 1.17. The van der Waals surface area contributed by atoms with Crippen molar-refractivity contribution in [1.82, 2.24) is 4.72 Å². The molecule has 2 nitrogen and oxygen atoms in total. The molecule has 0 saturated heterocycles. The second kappa shape index (κ2) is 7.03. The smallest absolute Gasteiger partial charge is 0.298 e. The molecule has 0 aliphatic heterocycles. The van der Waals surface area contributed by atoms with Crippen LogP contribution in [0.3, 0.4) is 0 Å². The van der Waals surface area contributed by atoms with Crippen molar-refractivity contribution in [2.75, 3.05) is 13.7 Å². The van der Waals surface area contributed by atoms with Crippen molar-refractivity contribution in [3.8, 4) is 0 Å². The molecule has 0 spiro atoms. The largest absolute Gasteiger partial charge is 0.378 e. The maximum Gasteiger partial charge on any atom is 0.298 e. The van der Waals surface area contributed by atoms with E-state index < -0.39 is 23.9 Å². The zero-order valence-electron chi connectivity index (χ0n) is 13.0. The van der Waals surface area contributed by atoms with Crippen molar-refractivity contribution >= 4 is 11.9 Å². The van der Waals surface area contributed by atoms with E-state index in [2.05, 4.69) is 9.46 Å². The van der Waals surface area contributed by atoms with Crippen molar-refractivity contribution in [3.05, 3.63) is 35.1 Å². The second-order valence-corrected chi connectivity index (χ2v) is 7.56. The van der Waals surface area contributed by atoms with Gasteiger partial charge in [-0.25, -0.2) is 4.39 Å². The van der Waals surface area contributed by atoms with Crippen LogP contribution in [0.4, 0.5) is 13.2 Å². The van der Waals surface area contributed by atoms with Gasteiger partial charge >= 0.3 is 0 Å². The lowest BCUT2D eigenvalue weighted by atomic mass is 10.0. The summed E-state index contributed by atoms with van der Waals surface area (Å²) in [5.41, 5.74) is -0.406. The molecule has 0 heterocycles. The van der Waals surface area contributed by atoms with Crippen LogP contribution in [-0.4, -0.2) is 18.5 Å². The van der Waals surface area contributed by atoms with E-state index in [1.165, 1.54) is 31.2 Å². The number of ether oxygens (including phenoxy) is 1. The average Bonchev–Trinajstić information content (AvgIpc) is 2.35. The van der Waals surface area contributed by atoms with Crippen LogP contribution in [0.25, 0.3) is 0 Å². The summed E-state index contributed by atoms with van der Waals surface area (Å²) in [6, 6.07) is 3.67. The fraction of sp³-hybridized carbons (Fsp3) is 0.600. The van der Waals surface area contributed by atoms with E-state index in [-0.39, 0.29) is 16.4 Å². The fourth-order valence-corrected chi connectivity index (χ4v) is 2.41. The molecule has 0 radical (unpaired) electrons. The Morgan fingerprint density at radius 1 is 1.29 bits per heavy atom. The van der Waals surface area contributed by atoms with Crippen LogP contribution in [0.1, 0.15) is 44.9 Å². The van der Waals surface area contributed by atoms with E-state index in [0.29, 0.717) is 0 Å². The molecule has 6 heteroatoms. The molecule has 0 aromatic heterocycles. The van der Waals surface area contributed by atoms with Gasteiger partial charge in [0.15, 0.2) is 0 Å². The summed E-state index contributed by atoms with van der Waals surface area (Å²) >= 11 is 1.44. The number of alkyl halides is 2. The van der Waals surface area contributed by atoms with E-state index in [1.54, 1.807) is 6.92 Å². The Morgan fingerprint density at radius 2 is 1.90 bits per heavy atom. The van der Waals surface area contributed by atoms with Gasteiger partial charge in [0.25, 0.3) is 5.92 Å². The van der Waals surface area contributed by atoms with Crippen molar-refractivity contribution in [1.29, 1.82) is 0 Å². The molecular weight excluding hydrogens is 299 g/mol. The monoisotopic (exact) mass is 321 g/mol. The maximum atomic E-state index is 14.4.